The Hall–Kier alpha value is -2.16. The highest BCUT2D eigenvalue weighted by molar-refractivity contribution is 5.81. The molecule has 0 saturated carbocycles. The Bertz CT molecular complexity index is 595. The summed E-state index contributed by atoms with van der Waals surface area (Å²) in [6.07, 6.45) is 0.552. The average molecular weight is 272 g/mol. The molecule has 0 amide bonds. The van der Waals surface area contributed by atoms with Crippen LogP contribution in [-0.2, 0) is 16.6 Å². The fourth-order valence-electron chi connectivity index (χ4n) is 2.51. The molecule has 2 aromatic rings. The summed E-state index contributed by atoms with van der Waals surface area (Å²) in [6, 6.07) is 15.4. The van der Waals surface area contributed by atoms with Gasteiger partial charge in [0.05, 0.1) is 5.41 Å². The summed E-state index contributed by atoms with van der Waals surface area (Å²) in [6.45, 7) is 1.82. The van der Waals surface area contributed by atoms with Gasteiger partial charge in [0.25, 0.3) is 0 Å². The van der Waals surface area contributed by atoms with E-state index >= 15 is 0 Å². The second-order valence-corrected chi connectivity index (χ2v) is 4.88. The fraction of sp³-hybridized carbons (Fsp3) is 0.235. The smallest absolute Gasteiger partial charge is 0.314 e. The highest BCUT2D eigenvalue weighted by atomic mass is 19.1. The number of halogens is 1. The van der Waals surface area contributed by atoms with Crippen LogP contribution in [0.3, 0.4) is 0 Å². The van der Waals surface area contributed by atoms with Gasteiger partial charge in [-0.1, -0.05) is 55.5 Å². The maximum atomic E-state index is 13.8. The molecule has 0 aliphatic carbocycles. The highest BCUT2D eigenvalue weighted by Gasteiger charge is 2.39. The van der Waals surface area contributed by atoms with Gasteiger partial charge in [-0.2, -0.15) is 0 Å². The van der Waals surface area contributed by atoms with Crippen molar-refractivity contribution in [1.29, 1.82) is 0 Å². The summed E-state index contributed by atoms with van der Waals surface area (Å²) < 4.78 is 13.8. The van der Waals surface area contributed by atoms with E-state index < -0.39 is 11.4 Å². The van der Waals surface area contributed by atoms with Crippen molar-refractivity contribution < 1.29 is 14.3 Å². The molecule has 2 aromatic carbocycles. The van der Waals surface area contributed by atoms with E-state index in [-0.39, 0.29) is 12.2 Å². The summed E-state index contributed by atoms with van der Waals surface area (Å²) in [4.78, 5) is 11.8. The number of carboxylic acids is 1. The second kappa shape index (κ2) is 5.87. The van der Waals surface area contributed by atoms with Gasteiger partial charge in [-0.25, -0.2) is 4.39 Å². The van der Waals surface area contributed by atoms with Gasteiger partial charge in [0.1, 0.15) is 5.82 Å². The van der Waals surface area contributed by atoms with Crippen LogP contribution in [0.15, 0.2) is 54.6 Å². The van der Waals surface area contributed by atoms with Gasteiger partial charge < -0.3 is 5.11 Å². The fourth-order valence-corrected chi connectivity index (χ4v) is 2.51. The molecule has 0 heterocycles. The first-order valence-corrected chi connectivity index (χ1v) is 6.62. The van der Waals surface area contributed by atoms with E-state index in [1.54, 1.807) is 30.3 Å². The van der Waals surface area contributed by atoms with Gasteiger partial charge in [-0.3, -0.25) is 4.79 Å². The molecular weight excluding hydrogens is 255 g/mol. The lowest BCUT2D eigenvalue weighted by molar-refractivity contribution is -0.144. The molecule has 0 bridgehead atoms. The van der Waals surface area contributed by atoms with E-state index in [9.17, 15) is 14.3 Å². The van der Waals surface area contributed by atoms with Crippen LogP contribution in [0, 0.1) is 5.82 Å². The third kappa shape index (κ3) is 2.57. The monoisotopic (exact) mass is 272 g/mol. The minimum Gasteiger partial charge on any atom is -0.481 e. The van der Waals surface area contributed by atoms with Gasteiger partial charge in [-0.05, 0) is 30.0 Å². The maximum absolute atomic E-state index is 13.8. The zero-order chi connectivity index (χ0) is 14.6. The molecule has 1 N–H and O–H groups in total. The van der Waals surface area contributed by atoms with Crippen LogP contribution in [0.1, 0.15) is 24.5 Å². The summed E-state index contributed by atoms with van der Waals surface area (Å²) in [7, 11) is 0. The van der Waals surface area contributed by atoms with Crippen LogP contribution in [0.25, 0.3) is 0 Å². The number of hydrogen-bond acceptors (Lipinski definition) is 1. The predicted octanol–water partition coefficient (Wildman–Crippen LogP) is 3.80. The number of hydrogen-bond donors (Lipinski definition) is 1. The molecule has 0 aliphatic heterocycles. The van der Waals surface area contributed by atoms with Crippen LogP contribution in [0.4, 0.5) is 4.39 Å². The third-order valence-corrected chi connectivity index (χ3v) is 3.79. The number of carbonyl (C=O) groups is 1. The Morgan fingerprint density at radius 2 is 1.70 bits per heavy atom. The molecule has 0 aromatic heterocycles. The zero-order valence-corrected chi connectivity index (χ0v) is 11.3. The van der Waals surface area contributed by atoms with Crippen molar-refractivity contribution in [3.63, 3.8) is 0 Å². The van der Waals surface area contributed by atoms with E-state index in [0.29, 0.717) is 17.5 Å². The lowest BCUT2D eigenvalue weighted by Crippen LogP contribution is -2.37. The number of benzene rings is 2. The molecule has 2 rings (SSSR count). The standard InChI is InChI=1S/C17H17FO2/c1-2-17(16(19)20,14-9-4-3-5-10-14)12-13-8-6-7-11-15(13)18/h3-11H,2,12H2,1H3,(H,19,20). The van der Waals surface area contributed by atoms with Gasteiger partial charge >= 0.3 is 5.97 Å². The molecule has 0 fully saturated rings. The Kier molecular flexibility index (Phi) is 4.18. The summed E-state index contributed by atoms with van der Waals surface area (Å²) >= 11 is 0. The molecule has 0 radical (unpaired) electrons. The zero-order valence-electron chi connectivity index (χ0n) is 11.3. The first-order valence-electron chi connectivity index (χ1n) is 6.62. The molecule has 2 nitrogen and oxygen atoms in total. The van der Waals surface area contributed by atoms with E-state index in [1.165, 1.54) is 6.07 Å². The van der Waals surface area contributed by atoms with Crippen molar-refractivity contribution in [3.05, 3.63) is 71.5 Å². The number of carboxylic acid groups (broad SMARTS) is 1. The first-order chi connectivity index (χ1) is 9.60. The van der Waals surface area contributed by atoms with Crippen molar-refractivity contribution in [1.82, 2.24) is 0 Å². The molecular formula is C17H17FO2. The van der Waals surface area contributed by atoms with Gasteiger partial charge in [0.15, 0.2) is 0 Å². The Labute approximate surface area is 117 Å². The van der Waals surface area contributed by atoms with Gasteiger partial charge in [0.2, 0.25) is 0 Å². The first kappa shape index (κ1) is 14.3. The Balaban J connectivity index is 2.49. The molecule has 1 atom stereocenters. The van der Waals surface area contributed by atoms with E-state index in [2.05, 4.69) is 0 Å². The second-order valence-electron chi connectivity index (χ2n) is 4.88. The minimum atomic E-state index is -1.09. The molecule has 20 heavy (non-hydrogen) atoms. The number of aliphatic carboxylic acids is 1. The quantitative estimate of drug-likeness (QED) is 0.898. The molecule has 104 valence electrons. The van der Waals surface area contributed by atoms with E-state index in [0.717, 1.165) is 0 Å². The summed E-state index contributed by atoms with van der Waals surface area (Å²) in [5, 5.41) is 9.71. The minimum absolute atomic E-state index is 0.148. The van der Waals surface area contributed by atoms with E-state index in [4.69, 9.17) is 0 Å². The van der Waals surface area contributed by atoms with Crippen LogP contribution in [0.5, 0.6) is 0 Å². The van der Waals surface area contributed by atoms with Crippen LogP contribution in [-0.4, -0.2) is 11.1 Å². The van der Waals surface area contributed by atoms with Crippen molar-refractivity contribution >= 4 is 5.97 Å². The molecule has 0 aliphatic rings. The highest BCUT2D eigenvalue weighted by Crippen LogP contribution is 2.33. The molecule has 0 saturated heterocycles. The van der Waals surface area contributed by atoms with Gasteiger partial charge in [-0.15, -0.1) is 0 Å². The summed E-state index contributed by atoms with van der Waals surface area (Å²) in [5.74, 6) is -1.28. The molecule has 3 heteroatoms. The molecule has 0 spiro atoms. The third-order valence-electron chi connectivity index (χ3n) is 3.79. The molecule has 1 unspecified atom stereocenters. The maximum Gasteiger partial charge on any atom is 0.314 e. The van der Waals surface area contributed by atoms with Crippen molar-refractivity contribution in [2.45, 2.75) is 25.2 Å². The average Bonchev–Trinajstić information content (AvgIpc) is 2.47. The largest absolute Gasteiger partial charge is 0.481 e. The normalized spacial score (nSPS) is 13.7. The van der Waals surface area contributed by atoms with Crippen molar-refractivity contribution in [2.24, 2.45) is 0 Å². The van der Waals surface area contributed by atoms with Crippen LogP contribution < -0.4 is 0 Å². The van der Waals surface area contributed by atoms with Gasteiger partial charge in [0, 0.05) is 0 Å². The number of rotatable bonds is 5. The van der Waals surface area contributed by atoms with Crippen molar-refractivity contribution in [3.8, 4) is 0 Å². The lowest BCUT2D eigenvalue weighted by atomic mass is 9.73. The predicted molar refractivity (Wildman–Crippen MR) is 76.2 cm³/mol. The lowest BCUT2D eigenvalue weighted by Gasteiger charge is -2.29. The van der Waals surface area contributed by atoms with Crippen LogP contribution in [0.2, 0.25) is 0 Å². The Morgan fingerprint density at radius 1 is 1.10 bits per heavy atom. The SMILES string of the molecule is CCC(Cc1ccccc1F)(C(=O)O)c1ccccc1. The summed E-state index contributed by atoms with van der Waals surface area (Å²) in [5.41, 5.74) is 0.0440. The van der Waals surface area contributed by atoms with E-state index in [1.807, 2.05) is 25.1 Å². The van der Waals surface area contributed by atoms with Crippen molar-refractivity contribution in [2.75, 3.05) is 0 Å². The van der Waals surface area contributed by atoms with Crippen LogP contribution >= 0.6 is 0 Å². The Morgan fingerprint density at radius 3 is 2.25 bits per heavy atom. The topological polar surface area (TPSA) is 37.3 Å².